The van der Waals surface area contributed by atoms with Crippen molar-refractivity contribution in [2.24, 2.45) is 0 Å². The van der Waals surface area contributed by atoms with Gasteiger partial charge in [0.25, 0.3) is 0 Å². The Morgan fingerprint density at radius 2 is 1.84 bits per heavy atom. The summed E-state index contributed by atoms with van der Waals surface area (Å²) in [6, 6.07) is 14.1. The summed E-state index contributed by atoms with van der Waals surface area (Å²) in [5, 5.41) is 5.72. The van der Waals surface area contributed by atoms with E-state index in [4.69, 9.17) is 0 Å². The third-order valence-corrected chi connectivity index (χ3v) is 3.66. The van der Waals surface area contributed by atoms with Crippen molar-refractivity contribution in [3.05, 3.63) is 65.5 Å². The van der Waals surface area contributed by atoms with Gasteiger partial charge in [-0.15, -0.1) is 0 Å². The Hall–Kier alpha value is -2.73. The van der Waals surface area contributed by atoms with Crippen LogP contribution in [0.4, 0.5) is 10.1 Å². The standard InChI is InChI=1S/C19H21FN2O3/c1-25-19(24)11-10-15-16(20)8-5-9-17(15)22-18(23)13-21-12-14-6-3-2-4-7-14/h2-9,21H,10-13H2,1H3,(H,22,23). The van der Waals surface area contributed by atoms with Crippen molar-refractivity contribution in [2.45, 2.75) is 19.4 Å². The summed E-state index contributed by atoms with van der Waals surface area (Å²) in [4.78, 5) is 23.3. The van der Waals surface area contributed by atoms with E-state index in [0.29, 0.717) is 17.8 Å². The lowest BCUT2D eigenvalue weighted by Crippen LogP contribution is -2.28. The van der Waals surface area contributed by atoms with Gasteiger partial charge in [-0.25, -0.2) is 4.39 Å². The number of nitrogens with one attached hydrogen (secondary N) is 2. The van der Waals surface area contributed by atoms with Crippen molar-refractivity contribution in [3.63, 3.8) is 0 Å². The predicted molar refractivity (Wildman–Crippen MR) is 93.5 cm³/mol. The molecule has 132 valence electrons. The fourth-order valence-electron chi connectivity index (χ4n) is 2.37. The molecule has 2 N–H and O–H groups in total. The molecule has 6 heteroatoms. The molecule has 0 aliphatic carbocycles. The molecule has 2 aromatic carbocycles. The lowest BCUT2D eigenvalue weighted by molar-refractivity contribution is -0.140. The smallest absolute Gasteiger partial charge is 0.305 e. The lowest BCUT2D eigenvalue weighted by Gasteiger charge is -2.12. The van der Waals surface area contributed by atoms with Gasteiger partial charge in [0.1, 0.15) is 5.82 Å². The summed E-state index contributed by atoms with van der Waals surface area (Å²) >= 11 is 0. The van der Waals surface area contributed by atoms with Gasteiger partial charge in [0.2, 0.25) is 5.91 Å². The van der Waals surface area contributed by atoms with Gasteiger partial charge in [0, 0.05) is 24.2 Å². The number of hydrogen-bond acceptors (Lipinski definition) is 4. The van der Waals surface area contributed by atoms with Crippen LogP contribution in [0.1, 0.15) is 17.5 Å². The second-order valence-electron chi connectivity index (χ2n) is 5.48. The number of anilines is 1. The van der Waals surface area contributed by atoms with Crippen LogP contribution in [-0.4, -0.2) is 25.5 Å². The zero-order valence-corrected chi connectivity index (χ0v) is 14.0. The summed E-state index contributed by atoms with van der Waals surface area (Å²) in [5.41, 5.74) is 1.74. The maximum absolute atomic E-state index is 14.0. The van der Waals surface area contributed by atoms with Crippen LogP contribution in [-0.2, 0) is 27.3 Å². The van der Waals surface area contributed by atoms with Gasteiger partial charge in [0.15, 0.2) is 0 Å². The molecular weight excluding hydrogens is 323 g/mol. The predicted octanol–water partition coefficient (Wildman–Crippen LogP) is 2.66. The Kier molecular flexibility index (Phi) is 7.10. The van der Waals surface area contributed by atoms with E-state index < -0.39 is 11.8 Å². The van der Waals surface area contributed by atoms with Crippen LogP contribution in [0.3, 0.4) is 0 Å². The largest absolute Gasteiger partial charge is 0.469 e. The normalized spacial score (nSPS) is 10.3. The highest BCUT2D eigenvalue weighted by molar-refractivity contribution is 5.93. The summed E-state index contributed by atoms with van der Waals surface area (Å²) in [6.07, 6.45) is 0.207. The topological polar surface area (TPSA) is 67.4 Å². The van der Waals surface area contributed by atoms with Gasteiger partial charge in [0.05, 0.1) is 13.7 Å². The van der Waals surface area contributed by atoms with E-state index in [1.807, 2.05) is 30.3 Å². The first-order chi connectivity index (χ1) is 12.1. The van der Waals surface area contributed by atoms with Crippen molar-refractivity contribution in [3.8, 4) is 0 Å². The summed E-state index contributed by atoms with van der Waals surface area (Å²) < 4.78 is 18.6. The Morgan fingerprint density at radius 1 is 1.08 bits per heavy atom. The van der Waals surface area contributed by atoms with Gasteiger partial charge in [-0.05, 0) is 24.1 Å². The molecule has 0 heterocycles. The van der Waals surface area contributed by atoms with Gasteiger partial charge < -0.3 is 15.4 Å². The minimum Gasteiger partial charge on any atom is -0.469 e. The van der Waals surface area contributed by atoms with E-state index in [1.165, 1.54) is 19.2 Å². The van der Waals surface area contributed by atoms with Crippen LogP contribution < -0.4 is 10.6 Å². The van der Waals surface area contributed by atoms with Gasteiger partial charge in [-0.2, -0.15) is 0 Å². The fraction of sp³-hybridized carbons (Fsp3) is 0.263. The Balaban J connectivity index is 1.91. The average molecular weight is 344 g/mol. The maximum Gasteiger partial charge on any atom is 0.305 e. The van der Waals surface area contributed by atoms with E-state index in [-0.39, 0.29) is 25.3 Å². The number of ether oxygens (including phenoxy) is 1. The second-order valence-corrected chi connectivity index (χ2v) is 5.48. The molecule has 5 nitrogen and oxygen atoms in total. The number of hydrogen-bond donors (Lipinski definition) is 2. The van der Waals surface area contributed by atoms with E-state index in [0.717, 1.165) is 5.56 Å². The van der Waals surface area contributed by atoms with Crippen molar-refractivity contribution < 1.29 is 18.7 Å². The molecule has 2 aromatic rings. The molecular formula is C19H21FN2O3. The number of amides is 1. The molecule has 0 aromatic heterocycles. The van der Waals surface area contributed by atoms with Crippen LogP contribution in [0.15, 0.2) is 48.5 Å². The number of halogens is 1. The number of carbonyl (C=O) groups excluding carboxylic acids is 2. The Labute approximate surface area is 146 Å². The highest BCUT2D eigenvalue weighted by Gasteiger charge is 2.13. The van der Waals surface area contributed by atoms with Gasteiger partial charge in [-0.1, -0.05) is 36.4 Å². The molecule has 0 radical (unpaired) electrons. The minimum atomic E-state index is -0.459. The van der Waals surface area contributed by atoms with Crippen LogP contribution >= 0.6 is 0 Å². The zero-order valence-electron chi connectivity index (χ0n) is 14.0. The molecule has 0 unspecified atom stereocenters. The Bertz CT molecular complexity index is 720. The molecule has 1 amide bonds. The summed E-state index contributed by atoms with van der Waals surface area (Å²) in [6.45, 7) is 0.661. The Morgan fingerprint density at radius 3 is 2.56 bits per heavy atom. The summed E-state index contributed by atoms with van der Waals surface area (Å²) in [5.74, 6) is -1.16. The number of benzene rings is 2. The molecule has 0 saturated heterocycles. The van der Waals surface area contributed by atoms with Crippen LogP contribution in [0.25, 0.3) is 0 Å². The van der Waals surface area contributed by atoms with Crippen molar-refractivity contribution >= 4 is 17.6 Å². The molecule has 25 heavy (non-hydrogen) atoms. The second kappa shape index (κ2) is 9.54. The van der Waals surface area contributed by atoms with E-state index in [1.54, 1.807) is 6.07 Å². The monoisotopic (exact) mass is 344 g/mol. The molecule has 0 bridgehead atoms. The maximum atomic E-state index is 14.0. The van der Waals surface area contributed by atoms with Gasteiger partial charge in [-0.3, -0.25) is 9.59 Å². The minimum absolute atomic E-state index is 0.0482. The number of methoxy groups -OCH3 is 1. The average Bonchev–Trinajstić information content (AvgIpc) is 2.62. The molecule has 2 rings (SSSR count). The van der Waals surface area contributed by atoms with E-state index in [2.05, 4.69) is 15.4 Å². The van der Waals surface area contributed by atoms with Crippen molar-refractivity contribution in [2.75, 3.05) is 19.0 Å². The summed E-state index contributed by atoms with van der Waals surface area (Å²) in [7, 11) is 1.28. The van der Waals surface area contributed by atoms with Gasteiger partial charge >= 0.3 is 5.97 Å². The fourth-order valence-corrected chi connectivity index (χ4v) is 2.37. The van der Waals surface area contributed by atoms with Crippen LogP contribution in [0, 0.1) is 5.82 Å². The van der Waals surface area contributed by atoms with Crippen LogP contribution in [0.5, 0.6) is 0 Å². The van der Waals surface area contributed by atoms with Crippen LogP contribution in [0.2, 0.25) is 0 Å². The number of rotatable bonds is 8. The first kappa shape index (κ1) is 18.6. The zero-order chi connectivity index (χ0) is 18.1. The van der Waals surface area contributed by atoms with Crippen molar-refractivity contribution in [1.82, 2.24) is 5.32 Å². The molecule has 0 aliphatic rings. The third-order valence-electron chi connectivity index (χ3n) is 3.66. The first-order valence-electron chi connectivity index (χ1n) is 7.99. The molecule has 0 saturated carbocycles. The quantitative estimate of drug-likeness (QED) is 0.723. The molecule has 0 aliphatic heterocycles. The lowest BCUT2D eigenvalue weighted by atomic mass is 10.1. The number of carbonyl (C=O) groups is 2. The highest BCUT2D eigenvalue weighted by atomic mass is 19.1. The number of esters is 1. The SMILES string of the molecule is COC(=O)CCc1c(F)cccc1NC(=O)CNCc1ccccc1. The third kappa shape index (κ3) is 6.00. The highest BCUT2D eigenvalue weighted by Crippen LogP contribution is 2.20. The molecule has 0 spiro atoms. The van der Waals surface area contributed by atoms with Crippen molar-refractivity contribution in [1.29, 1.82) is 0 Å². The first-order valence-corrected chi connectivity index (χ1v) is 7.99. The molecule has 0 atom stereocenters. The van der Waals surface area contributed by atoms with E-state index in [9.17, 15) is 14.0 Å². The molecule has 0 fully saturated rings. The van der Waals surface area contributed by atoms with E-state index >= 15 is 0 Å².